The molecule has 0 saturated carbocycles. The fourth-order valence-electron chi connectivity index (χ4n) is 2.25. The van der Waals surface area contributed by atoms with Gasteiger partial charge >= 0.3 is 0 Å². The minimum Gasteiger partial charge on any atom is -0.489 e. The quantitative estimate of drug-likeness (QED) is 0.522. The number of hydrogen-bond donors (Lipinski definition) is 0. The Kier molecular flexibility index (Phi) is 4.43. The Morgan fingerprint density at radius 1 is 1.04 bits per heavy atom. The normalized spacial score (nSPS) is 10.3. The average Bonchev–Trinajstić information content (AvgIpc) is 2.61. The van der Waals surface area contributed by atoms with E-state index < -0.39 is 5.95 Å². The third-order valence-corrected chi connectivity index (χ3v) is 3.44. The topological polar surface area (TPSA) is 39.2 Å². The molecule has 0 atom stereocenters. The van der Waals surface area contributed by atoms with Crippen LogP contribution in [0.4, 0.5) is 4.39 Å². The van der Waals surface area contributed by atoms with Crippen molar-refractivity contribution in [2.75, 3.05) is 0 Å². The minimum atomic E-state index is -0.558. The summed E-state index contributed by atoms with van der Waals surface area (Å²) in [6.07, 6.45) is 2.16. The smallest absolute Gasteiger partial charge is 0.212 e. The molecule has 23 heavy (non-hydrogen) atoms. The minimum absolute atomic E-state index is 0.433. The van der Waals surface area contributed by atoms with Gasteiger partial charge in [-0.25, -0.2) is 4.98 Å². The molecule has 3 nitrogen and oxygen atoms in total. The molecule has 0 N–H and O–H groups in total. The number of pyridine rings is 1. The molecule has 0 saturated heterocycles. The van der Waals surface area contributed by atoms with E-state index in [9.17, 15) is 9.18 Å². The van der Waals surface area contributed by atoms with E-state index in [0.29, 0.717) is 29.0 Å². The Bertz CT molecular complexity index is 801. The van der Waals surface area contributed by atoms with Gasteiger partial charge in [0.15, 0.2) is 6.29 Å². The Balaban J connectivity index is 1.87. The molecule has 0 fully saturated rings. The van der Waals surface area contributed by atoms with Gasteiger partial charge in [-0.2, -0.15) is 4.39 Å². The number of halogens is 1. The van der Waals surface area contributed by atoms with Crippen LogP contribution in [0, 0.1) is 5.95 Å². The number of aldehydes is 1. The van der Waals surface area contributed by atoms with E-state index in [1.54, 1.807) is 24.3 Å². The fourth-order valence-corrected chi connectivity index (χ4v) is 2.25. The molecule has 0 aliphatic heterocycles. The van der Waals surface area contributed by atoms with E-state index in [2.05, 4.69) is 4.98 Å². The number of benzene rings is 2. The molecular weight excluding hydrogens is 293 g/mol. The second-order valence-corrected chi connectivity index (χ2v) is 5.01. The number of nitrogens with zero attached hydrogens (tertiary/aromatic N) is 1. The lowest BCUT2D eigenvalue weighted by molar-refractivity contribution is 0.112. The van der Waals surface area contributed by atoms with E-state index in [-0.39, 0.29) is 0 Å². The fraction of sp³-hybridized carbons (Fsp3) is 0.0526. The largest absolute Gasteiger partial charge is 0.489 e. The predicted octanol–water partition coefficient (Wildman–Crippen LogP) is 4.28. The van der Waals surface area contributed by atoms with E-state index in [0.717, 1.165) is 11.8 Å². The lowest BCUT2D eigenvalue weighted by atomic mass is 10.0. The molecule has 0 amide bonds. The summed E-state index contributed by atoms with van der Waals surface area (Å²) in [5, 5.41) is 0. The molecule has 4 heteroatoms. The van der Waals surface area contributed by atoms with Gasteiger partial charge in [-0.1, -0.05) is 30.3 Å². The van der Waals surface area contributed by atoms with Gasteiger partial charge in [-0.3, -0.25) is 4.79 Å². The highest BCUT2D eigenvalue weighted by Gasteiger charge is 2.08. The molecule has 114 valence electrons. The summed E-state index contributed by atoms with van der Waals surface area (Å²) in [6, 6.07) is 17.8. The van der Waals surface area contributed by atoms with Crippen LogP contribution in [0.15, 0.2) is 66.9 Å². The summed E-state index contributed by atoms with van der Waals surface area (Å²) >= 11 is 0. The van der Waals surface area contributed by atoms with Gasteiger partial charge in [-0.05, 0) is 41.5 Å². The highest BCUT2D eigenvalue weighted by atomic mass is 19.1. The van der Waals surface area contributed by atoms with Crippen molar-refractivity contribution >= 4 is 6.29 Å². The first-order valence-corrected chi connectivity index (χ1v) is 7.14. The lowest BCUT2D eigenvalue weighted by Crippen LogP contribution is -1.97. The molecule has 0 aliphatic carbocycles. The van der Waals surface area contributed by atoms with Crippen molar-refractivity contribution < 1.29 is 13.9 Å². The standard InChI is InChI=1S/C19H14FNO2/c20-19-9-7-15(11-21-19)18-10-17(8-6-16(18)12-22)23-13-14-4-2-1-3-5-14/h1-12H,13H2. The molecule has 1 heterocycles. The second-order valence-electron chi connectivity index (χ2n) is 5.01. The number of aromatic nitrogens is 1. The third kappa shape index (κ3) is 3.61. The monoisotopic (exact) mass is 307 g/mol. The van der Waals surface area contributed by atoms with Gasteiger partial charge in [-0.15, -0.1) is 0 Å². The number of hydrogen-bond acceptors (Lipinski definition) is 3. The van der Waals surface area contributed by atoms with Gasteiger partial charge in [0, 0.05) is 17.3 Å². The maximum absolute atomic E-state index is 13.0. The van der Waals surface area contributed by atoms with Crippen LogP contribution in [0.2, 0.25) is 0 Å². The average molecular weight is 307 g/mol. The van der Waals surface area contributed by atoms with Crippen molar-refractivity contribution in [3.63, 3.8) is 0 Å². The van der Waals surface area contributed by atoms with Gasteiger partial charge < -0.3 is 4.74 Å². The van der Waals surface area contributed by atoms with E-state index in [1.165, 1.54) is 12.3 Å². The van der Waals surface area contributed by atoms with Crippen LogP contribution in [-0.2, 0) is 6.61 Å². The van der Waals surface area contributed by atoms with E-state index >= 15 is 0 Å². The van der Waals surface area contributed by atoms with Gasteiger partial charge in [0.05, 0.1) is 0 Å². The Morgan fingerprint density at radius 3 is 2.57 bits per heavy atom. The van der Waals surface area contributed by atoms with Crippen LogP contribution >= 0.6 is 0 Å². The Labute approximate surface area is 133 Å². The van der Waals surface area contributed by atoms with Crippen molar-refractivity contribution in [1.82, 2.24) is 4.98 Å². The SMILES string of the molecule is O=Cc1ccc(OCc2ccccc2)cc1-c1ccc(F)nc1. The molecule has 1 aromatic heterocycles. The molecule has 0 radical (unpaired) electrons. The molecule has 0 bridgehead atoms. The van der Waals surface area contributed by atoms with Crippen molar-refractivity contribution in [2.45, 2.75) is 6.61 Å². The molecule has 3 rings (SSSR count). The van der Waals surface area contributed by atoms with Crippen molar-refractivity contribution in [2.24, 2.45) is 0 Å². The summed E-state index contributed by atoms with van der Waals surface area (Å²) < 4.78 is 18.7. The van der Waals surface area contributed by atoms with Crippen LogP contribution in [0.3, 0.4) is 0 Å². The van der Waals surface area contributed by atoms with E-state index in [4.69, 9.17) is 4.74 Å². The van der Waals surface area contributed by atoms with Crippen molar-refractivity contribution in [3.8, 4) is 16.9 Å². The maximum Gasteiger partial charge on any atom is 0.212 e. The first-order valence-electron chi connectivity index (χ1n) is 7.14. The molecular formula is C19H14FNO2. The zero-order chi connectivity index (χ0) is 16.1. The third-order valence-electron chi connectivity index (χ3n) is 3.44. The van der Waals surface area contributed by atoms with Crippen LogP contribution in [-0.4, -0.2) is 11.3 Å². The highest BCUT2D eigenvalue weighted by molar-refractivity contribution is 5.88. The van der Waals surface area contributed by atoms with Crippen LogP contribution in [0.5, 0.6) is 5.75 Å². The van der Waals surface area contributed by atoms with Crippen LogP contribution in [0.25, 0.3) is 11.1 Å². The summed E-state index contributed by atoms with van der Waals surface area (Å²) in [7, 11) is 0. The summed E-state index contributed by atoms with van der Waals surface area (Å²) in [5.74, 6) is 0.0802. The second kappa shape index (κ2) is 6.83. The molecule has 3 aromatic rings. The molecule has 0 spiro atoms. The first-order chi connectivity index (χ1) is 11.3. The number of carbonyl (C=O) groups is 1. The summed E-state index contributed by atoms with van der Waals surface area (Å²) in [4.78, 5) is 14.9. The Hall–Kier alpha value is -3.01. The number of ether oxygens (including phenoxy) is 1. The van der Waals surface area contributed by atoms with Gasteiger partial charge in [0.1, 0.15) is 12.4 Å². The predicted molar refractivity (Wildman–Crippen MR) is 85.8 cm³/mol. The van der Waals surface area contributed by atoms with Crippen LogP contribution < -0.4 is 4.74 Å². The van der Waals surface area contributed by atoms with Crippen LogP contribution in [0.1, 0.15) is 15.9 Å². The molecule has 2 aromatic carbocycles. The summed E-state index contributed by atoms with van der Waals surface area (Å²) in [5.41, 5.74) is 2.89. The Morgan fingerprint density at radius 2 is 1.87 bits per heavy atom. The summed E-state index contributed by atoms with van der Waals surface area (Å²) in [6.45, 7) is 0.433. The first kappa shape index (κ1) is 14.9. The zero-order valence-electron chi connectivity index (χ0n) is 12.3. The van der Waals surface area contributed by atoms with Crippen molar-refractivity contribution in [3.05, 3.63) is 83.9 Å². The highest BCUT2D eigenvalue weighted by Crippen LogP contribution is 2.27. The molecule has 0 unspecified atom stereocenters. The van der Waals surface area contributed by atoms with Crippen molar-refractivity contribution in [1.29, 1.82) is 0 Å². The molecule has 0 aliphatic rings. The van der Waals surface area contributed by atoms with E-state index in [1.807, 2.05) is 30.3 Å². The lowest BCUT2D eigenvalue weighted by Gasteiger charge is -2.10. The number of rotatable bonds is 5. The van der Waals surface area contributed by atoms with Gasteiger partial charge in [0.25, 0.3) is 0 Å². The van der Waals surface area contributed by atoms with Gasteiger partial charge in [0.2, 0.25) is 5.95 Å². The maximum atomic E-state index is 13.0. The zero-order valence-corrected chi connectivity index (χ0v) is 12.3. The number of carbonyl (C=O) groups excluding carboxylic acids is 1.